The lowest BCUT2D eigenvalue weighted by atomic mass is 9.94. The van der Waals surface area contributed by atoms with E-state index in [4.69, 9.17) is 4.74 Å². The molecule has 0 aromatic carbocycles. The zero-order valence-electron chi connectivity index (χ0n) is 10.3. The summed E-state index contributed by atoms with van der Waals surface area (Å²) in [6, 6.07) is 0. The second-order valence-corrected chi connectivity index (χ2v) is 6.72. The number of halogens is 1. The maximum absolute atomic E-state index is 5.67. The number of rotatable bonds is 4. The van der Waals surface area contributed by atoms with Gasteiger partial charge >= 0.3 is 0 Å². The van der Waals surface area contributed by atoms with Crippen LogP contribution in [0.25, 0.3) is 0 Å². The van der Waals surface area contributed by atoms with E-state index >= 15 is 0 Å². The van der Waals surface area contributed by atoms with Gasteiger partial charge in [0.05, 0.1) is 6.10 Å². The average Bonchev–Trinajstić information content (AvgIpc) is 2.80. The van der Waals surface area contributed by atoms with E-state index in [-0.39, 0.29) is 0 Å². The predicted molar refractivity (Wildman–Crippen MR) is 71.1 cm³/mol. The fraction of sp³-hybridized carbons (Fsp3) is 1.00. The molecule has 2 aliphatic rings. The number of piperidine rings is 1. The number of hydrogen-bond donors (Lipinski definition) is 0. The lowest BCUT2D eigenvalue weighted by Gasteiger charge is -2.33. The van der Waals surface area contributed by atoms with Gasteiger partial charge in [-0.15, -0.1) is 0 Å². The Balaban J connectivity index is 1.61. The fourth-order valence-electron chi connectivity index (χ4n) is 2.83. The van der Waals surface area contributed by atoms with Gasteiger partial charge in [0.2, 0.25) is 0 Å². The van der Waals surface area contributed by atoms with Crippen molar-refractivity contribution in [3.63, 3.8) is 0 Å². The second-order valence-electron chi connectivity index (χ2n) is 5.28. The minimum Gasteiger partial charge on any atom is -0.378 e. The molecule has 2 saturated heterocycles. The zero-order valence-corrected chi connectivity index (χ0v) is 11.9. The van der Waals surface area contributed by atoms with E-state index in [1.165, 1.54) is 51.7 Å². The van der Waals surface area contributed by atoms with Crippen LogP contribution in [0, 0.1) is 5.92 Å². The first-order chi connectivity index (χ1) is 7.75. The molecule has 2 fully saturated rings. The van der Waals surface area contributed by atoms with Gasteiger partial charge in [0.1, 0.15) is 0 Å². The zero-order chi connectivity index (χ0) is 11.4. The molecule has 0 bridgehead atoms. The van der Waals surface area contributed by atoms with Crippen molar-refractivity contribution < 1.29 is 4.74 Å². The molecule has 3 heteroatoms. The Morgan fingerprint density at radius 2 is 2.06 bits per heavy atom. The Bertz CT molecular complexity index is 196. The monoisotopic (exact) mass is 289 g/mol. The third-order valence-corrected chi connectivity index (χ3v) is 4.82. The van der Waals surface area contributed by atoms with Crippen LogP contribution in [0.3, 0.4) is 0 Å². The van der Waals surface area contributed by atoms with Crippen molar-refractivity contribution in [1.82, 2.24) is 4.90 Å². The van der Waals surface area contributed by atoms with Crippen molar-refractivity contribution >= 4 is 15.9 Å². The Labute approximate surface area is 108 Å². The molecule has 16 heavy (non-hydrogen) atoms. The van der Waals surface area contributed by atoms with E-state index in [2.05, 4.69) is 27.8 Å². The molecule has 2 aliphatic heterocycles. The van der Waals surface area contributed by atoms with Crippen LogP contribution in [-0.4, -0.2) is 42.1 Å². The summed E-state index contributed by atoms with van der Waals surface area (Å²) in [5, 5.41) is 0. The van der Waals surface area contributed by atoms with Gasteiger partial charge in [-0.25, -0.2) is 0 Å². The van der Waals surface area contributed by atoms with Crippen LogP contribution in [0.15, 0.2) is 0 Å². The molecule has 2 rings (SSSR count). The Morgan fingerprint density at radius 3 is 2.62 bits per heavy atom. The molecule has 0 aromatic heterocycles. The molecular weight excluding hydrogens is 266 g/mol. The summed E-state index contributed by atoms with van der Waals surface area (Å²) in [7, 11) is 0. The summed E-state index contributed by atoms with van der Waals surface area (Å²) < 4.78 is 5.67. The third kappa shape index (κ3) is 3.71. The molecule has 94 valence electrons. The van der Waals surface area contributed by atoms with Crippen LogP contribution in [0.5, 0.6) is 0 Å². The van der Waals surface area contributed by atoms with Crippen molar-refractivity contribution in [2.24, 2.45) is 5.92 Å². The summed E-state index contributed by atoms with van der Waals surface area (Å²) in [6.45, 7) is 7.09. The van der Waals surface area contributed by atoms with Crippen LogP contribution < -0.4 is 0 Å². The lowest BCUT2D eigenvalue weighted by Crippen LogP contribution is -2.37. The lowest BCUT2D eigenvalue weighted by molar-refractivity contribution is 0.0852. The number of likely N-dealkylation sites (tertiary alicyclic amines) is 1. The SMILES string of the molecule is CC(Br)C1CCN(CCC2CCCO2)CC1. The summed E-state index contributed by atoms with van der Waals surface area (Å²) in [5.41, 5.74) is 0. The highest BCUT2D eigenvalue weighted by atomic mass is 79.9. The van der Waals surface area contributed by atoms with Gasteiger partial charge in [-0.3, -0.25) is 0 Å². The molecule has 0 N–H and O–H groups in total. The third-order valence-electron chi connectivity index (χ3n) is 4.07. The smallest absolute Gasteiger partial charge is 0.0588 e. The predicted octanol–water partition coefficient (Wildman–Crippen LogP) is 3.05. The van der Waals surface area contributed by atoms with Gasteiger partial charge in [-0.05, 0) is 51.1 Å². The van der Waals surface area contributed by atoms with Crippen LogP contribution in [-0.2, 0) is 4.74 Å². The van der Waals surface area contributed by atoms with E-state index < -0.39 is 0 Å². The normalized spacial score (nSPS) is 30.8. The summed E-state index contributed by atoms with van der Waals surface area (Å²) in [6.07, 6.45) is 7.08. The Kier molecular flexibility index (Phi) is 5.11. The van der Waals surface area contributed by atoms with E-state index in [9.17, 15) is 0 Å². The Hall–Kier alpha value is 0.400. The molecule has 2 unspecified atom stereocenters. The number of hydrogen-bond acceptors (Lipinski definition) is 2. The van der Waals surface area contributed by atoms with E-state index in [0.29, 0.717) is 10.9 Å². The van der Waals surface area contributed by atoms with E-state index in [1.54, 1.807) is 0 Å². The molecule has 0 amide bonds. The molecule has 0 aliphatic carbocycles. The minimum atomic E-state index is 0.563. The van der Waals surface area contributed by atoms with Crippen LogP contribution in [0.4, 0.5) is 0 Å². The van der Waals surface area contributed by atoms with Gasteiger partial charge in [-0.2, -0.15) is 0 Å². The fourth-order valence-corrected chi connectivity index (χ4v) is 3.36. The number of nitrogens with zero attached hydrogens (tertiary/aromatic N) is 1. The molecule has 0 saturated carbocycles. The maximum Gasteiger partial charge on any atom is 0.0588 e. The maximum atomic E-state index is 5.67. The highest BCUT2D eigenvalue weighted by Crippen LogP contribution is 2.25. The van der Waals surface area contributed by atoms with Gasteiger partial charge in [0.15, 0.2) is 0 Å². The second kappa shape index (κ2) is 6.36. The largest absolute Gasteiger partial charge is 0.378 e. The minimum absolute atomic E-state index is 0.563. The van der Waals surface area contributed by atoms with Gasteiger partial charge in [0, 0.05) is 18.0 Å². The van der Waals surface area contributed by atoms with Gasteiger partial charge in [0.25, 0.3) is 0 Å². The van der Waals surface area contributed by atoms with Crippen LogP contribution in [0.1, 0.15) is 39.0 Å². The number of alkyl halides is 1. The highest BCUT2D eigenvalue weighted by Gasteiger charge is 2.23. The topological polar surface area (TPSA) is 12.5 Å². The standard InChI is InChI=1S/C13H24BrNO/c1-11(14)12-4-7-15(8-5-12)9-6-13-3-2-10-16-13/h11-13H,2-10H2,1H3. The first-order valence-corrected chi connectivity index (χ1v) is 7.65. The van der Waals surface area contributed by atoms with Crippen LogP contribution >= 0.6 is 15.9 Å². The van der Waals surface area contributed by atoms with Crippen molar-refractivity contribution in [3.8, 4) is 0 Å². The molecule has 2 atom stereocenters. The summed E-state index contributed by atoms with van der Waals surface area (Å²) in [5.74, 6) is 0.888. The van der Waals surface area contributed by atoms with E-state index in [1.807, 2.05) is 0 Å². The van der Waals surface area contributed by atoms with Crippen molar-refractivity contribution in [1.29, 1.82) is 0 Å². The molecule has 0 aromatic rings. The first-order valence-electron chi connectivity index (χ1n) is 6.73. The summed E-state index contributed by atoms with van der Waals surface area (Å²) in [4.78, 5) is 3.31. The quantitative estimate of drug-likeness (QED) is 0.738. The average molecular weight is 290 g/mol. The van der Waals surface area contributed by atoms with Crippen molar-refractivity contribution in [2.45, 2.75) is 50.0 Å². The number of ether oxygens (including phenoxy) is 1. The van der Waals surface area contributed by atoms with Crippen molar-refractivity contribution in [2.75, 3.05) is 26.2 Å². The van der Waals surface area contributed by atoms with Gasteiger partial charge in [-0.1, -0.05) is 22.9 Å². The van der Waals surface area contributed by atoms with Crippen LogP contribution in [0.2, 0.25) is 0 Å². The first kappa shape index (κ1) is 12.8. The van der Waals surface area contributed by atoms with Gasteiger partial charge < -0.3 is 9.64 Å². The molecule has 0 radical (unpaired) electrons. The summed E-state index contributed by atoms with van der Waals surface area (Å²) >= 11 is 3.71. The molecular formula is C13H24BrNO. The molecule has 2 heterocycles. The van der Waals surface area contributed by atoms with E-state index in [0.717, 1.165) is 12.5 Å². The molecule has 0 spiro atoms. The highest BCUT2D eigenvalue weighted by molar-refractivity contribution is 9.09. The van der Waals surface area contributed by atoms with Crippen molar-refractivity contribution in [3.05, 3.63) is 0 Å². The Morgan fingerprint density at radius 1 is 1.31 bits per heavy atom. The molecule has 2 nitrogen and oxygen atoms in total.